The van der Waals surface area contributed by atoms with Crippen LogP contribution >= 0.6 is 12.2 Å². The second-order valence-corrected chi connectivity index (χ2v) is 7.83. The molecular weight excluding hydrogens is 284 g/mol. The van der Waals surface area contributed by atoms with Crippen LogP contribution in [0.4, 0.5) is 5.95 Å². The van der Waals surface area contributed by atoms with Crippen LogP contribution in [0.15, 0.2) is 0 Å². The van der Waals surface area contributed by atoms with Gasteiger partial charge in [-0.1, -0.05) is 12.8 Å². The third-order valence-electron chi connectivity index (χ3n) is 3.51. The van der Waals surface area contributed by atoms with Gasteiger partial charge in [-0.15, -0.1) is 5.10 Å². The van der Waals surface area contributed by atoms with Crippen LogP contribution in [-0.2, 0) is 9.84 Å². The van der Waals surface area contributed by atoms with Crippen LogP contribution in [0.5, 0.6) is 0 Å². The lowest BCUT2D eigenvalue weighted by atomic mass is 10.2. The monoisotopic (exact) mass is 304 g/mol. The maximum absolute atomic E-state index is 11.2. The molecule has 1 aliphatic rings. The van der Waals surface area contributed by atoms with E-state index in [4.69, 9.17) is 12.2 Å². The number of aromatic amines is 1. The van der Waals surface area contributed by atoms with E-state index >= 15 is 0 Å². The van der Waals surface area contributed by atoms with Gasteiger partial charge < -0.3 is 4.90 Å². The summed E-state index contributed by atoms with van der Waals surface area (Å²) in [6, 6.07) is 0.391. The lowest BCUT2D eigenvalue weighted by Crippen LogP contribution is -2.28. The molecule has 1 fully saturated rings. The van der Waals surface area contributed by atoms with Gasteiger partial charge in [0.15, 0.2) is 4.77 Å². The van der Waals surface area contributed by atoms with E-state index < -0.39 is 9.84 Å². The number of sulfone groups is 1. The molecule has 0 bridgehead atoms. The zero-order valence-electron chi connectivity index (χ0n) is 11.3. The second-order valence-electron chi connectivity index (χ2n) is 5.19. The van der Waals surface area contributed by atoms with E-state index in [9.17, 15) is 8.42 Å². The molecule has 1 saturated carbocycles. The molecular formula is C11H20N4O2S2. The van der Waals surface area contributed by atoms with E-state index in [0.29, 0.717) is 17.4 Å². The number of H-pyrrole nitrogens is 1. The Bertz CT molecular complexity index is 584. The van der Waals surface area contributed by atoms with Crippen molar-refractivity contribution >= 4 is 28.0 Å². The summed E-state index contributed by atoms with van der Waals surface area (Å²) in [6.45, 7) is 0.422. The highest BCUT2D eigenvalue weighted by Gasteiger charge is 2.23. The molecule has 8 heteroatoms. The van der Waals surface area contributed by atoms with Gasteiger partial charge in [0.2, 0.25) is 5.95 Å². The fourth-order valence-corrected chi connectivity index (χ4v) is 3.34. The van der Waals surface area contributed by atoms with Crippen LogP contribution in [0.2, 0.25) is 0 Å². The van der Waals surface area contributed by atoms with Crippen molar-refractivity contribution in [1.82, 2.24) is 14.8 Å². The van der Waals surface area contributed by atoms with Gasteiger partial charge in [0.05, 0.1) is 5.75 Å². The zero-order chi connectivity index (χ0) is 14.0. The molecule has 108 valence electrons. The fourth-order valence-electron chi connectivity index (χ4n) is 2.46. The molecule has 0 aromatic carbocycles. The first-order valence-corrected chi connectivity index (χ1v) is 8.91. The van der Waals surface area contributed by atoms with Crippen LogP contribution in [0.1, 0.15) is 31.7 Å². The normalized spacial score (nSPS) is 16.9. The fraction of sp³-hybridized carbons (Fsp3) is 0.818. The molecule has 1 aromatic rings. The topological polar surface area (TPSA) is 71.0 Å². The predicted molar refractivity (Wildman–Crippen MR) is 77.9 cm³/mol. The van der Waals surface area contributed by atoms with Gasteiger partial charge >= 0.3 is 0 Å². The first-order chi connectivity index (χ1) is 8.88. The summed E-state index contributed by atoms with van der Waals surface area (Å²) in [5.41, 5.74) is 0. The molecule has 0 spiro atoms. The van der Waals surface area contributed by atoms with E-state index in [1.54, 1.807) is 0 Å². The number of rotatable bonds is 5. The Morgan fingerprint density at radius 2 is 2.11 bits per heavy atom. The van der Waals surface area contributed by atoms with Crippen LogP contribution < -0.4 is 4.90 Å². The van der Waals surface area contributed by atoms with E-state index in [0.717, 1.165) is 18.8 Å². The third-order valence-corrected chi connectivity index (χ3v) is 4.73. The minimum Gasteiger partial charge on any atom is -0.343 e. The second kappa shape index (κ2) is 5.62. The Balaban J connectivity index is 2.17. The number of hydrogen-bond donors (Lipinski definition) is 1. The van der Waals surface area contributed by atoms with Gasteiger partial charge in [-0.25, -0.2) is 13.5 Å². The van der Waals surface area contributed by atoms with Crippen molar-refractivity contribution in [3.8, 4) is 0 Å². The Morgan fingerprint density at radius 3 is 2.68 bits per heavy atom. The number of nitrogens with one attached hydrogen (secondary N) is 1. The van der Waals surface area contributed by atoms with Crippen molar-refractivity contribution < 1.29 is 8.42 Å². The van der Waals surface area contributed by atoms with Crippen LogP contribution in [0.25, 0.3) is 0 Å². The first-order valence-electron chi connectivity index (χ1n) is 6.44. The predicted octanol–water partition coefficient (Wildman–Crippen LogP) is 1.54. The highest BCUT2D eigenvalue weighted by Crippen LogP contribution is 2.32. The van der Waals surface area contributed by atoms with Crippen molar-refractivity contribution in [3.05, 3.63) is 4.77 Å². The highest BCUT2D eigenvalue weighted by molar-refractivity contribution is 7.90. The number of nitrogens with zero attached hydrogens (tertiary/aromatic N) is 3. The maximum Gasteiger partial charge on any atom is 0.225 e. The molecule has 0 amide bonds. The van der Waals surface area contributed by atoms with Crippen molar-refractivity contribution in [2.45, 2.75) is 31.7 Å². The zero-order valence-corrected chi connectivity index (χ0v) is 12.9. The molecule has 19 heavy (non-hydrogen) atoms. The summed E-state index contributed by atoms with van der Waals surface area (Å²) in [7, 11) is -1.12. The van der Waals surface area contributed by atoms with Gasteiger partial charge in [0.1, 0.15) is 9.84 Å². The Morgan fingerprint density at radius 1 is 1.47 bits per heavy atom. The average molecular weight is 304 g/mol. The molecule has 0 saturated heterocycles. The van der Waals surface area contributed by atoms with E-state index in [1.807, 2.05) is 16.5 Å². The quantitative estimate of drug-likeness (QED) is 0.836. The Kier molecular flexibility index (Phi) is 4.29. The molecule has 0 aliphatic heterocycles. The standard InChI is InChI=1S/C11H20N4O2S2/c1-14(7-8-19(2,16)17)10-12-13-11(18)15(10)9-5-3-4-6-9/h9H,3-8H2,1-2H3,(H,13,18). The maximum atomic E-state index is 11.2. The lowest BCUT2D eigenvalue weighted by Gasteiger charge is -2.21. The summed E-state index contributed by atoms with van der Waals surface area (Å²) in [5, 5.41) is 7.05. The lowest BCUT2D eigenvalue weighted by molar-refractivity contribution is 0.510. The Labute approximate surface area is 118 Å². The van der Waals surface area contributed by atoms with Gasteiger partial charge in [0, 0.05) is 25.9 Å². The van der Waals surface area contributed by atoms with Crippen molar-refractivity contribution in [3.63, 3.8) is 0 Å². The third kappa shape index (κ3) is 3.56. The van der Waals surface area contributed by atoms with Crippen molar-refractivity contribution in [2.75, 3.05) is 30.5 Å². The SMILES string of the molecule is CN(CCS(C)(=O)=O)c1n[nH]c(=S)n1C1CCCC1. The molecule has 2 rings (SSSR count). The minimum atomic E-state index is -2.97. The van der Waals surface area contributed by atoms with Crippen LogP contribution in [-0.4, -0.2) is 48.8 Å². The summed E-state index contributed by atoms with van der Waals surface area (Å²) < 4.78 is 25.1. The van der Waals surface area contributed by atoms with Gasteiger partial charge in [0.25, 0.3) is 0 Å². The van der Waals surface area contributed by atoms with E-state index in [-0.39, 0.29) is 5.75 Å². The number of anilines is 1. The molecule has 6 nitrogen and oxygen atoms in total. The van der Waals surface area contributed by atoms with Gasteiger partial charge in [-0.2, -0.15) is 0 Å². The molecule has 0 atom stereocenters. The number of hydrogen-bond acceptors (Lipinski definition) is 5. The molecule has 1 aliphatic carbocycles. The van der Waals surface area contributed by atoms with Gasteiger partial charge in [-0.05, 0) is 25.1 Å². The molecule has 1 N–H and O–H groups in total. The van der Waals surface area contributed by atoms with Crippen molar-refractivity contribution in [2.24, 2.45) is 0 Å². The molecule has 0 unspecified atom stereocenters. The average Bonchev–Trinajstić information content (AvgIpc) is 2.93. The summed E-state index contributed by atoms with van der Waals surface area (Å²) in [6.07, 6.45) is 5.89. The molecule has 0 radical (unpaired) electrons. The summed E-state index contributed by atoms with van der Waals surface area (Å²) >= 11 is 5.29. The summed E-state index contributed by atoms with van der Waals surface area (Å²) in [4.78, 5) is 1.85. The smallest absolute Gasteiger partial charge is 0.225 e. The number of aromatic nitrogens is 3. The van der Waals surface area contributed by atoms with E-state index in [1.165, 1.54) is 19.1 Å². The first kappa shape index (κ1) is 14.5. The summed E-state index contributed by atoms with van der Waals surface area (Å²) in [5.74, 6) is 0.855. The largest absolute Gasteiger partial charge is 0.343 e. The Hall–Kier alpha value is -0.890. The van der Waals surface area contributed by atoms with Crippen molar-refractivity contribution in [1.29, 1.82) is 0 Å². The highest BCUT2D eigenvalue weighted by atomic mass is 32.2. The minimum absolute atomic E-state index is 0.119. The molecule has 1 heterocycles. The van der Waals surface area contributed by atoms with E-state index in [2.05, 4.69) is 10.2 Å². The van der Waals surface area contributed by atoms with Crippen LogP contribution in [0, 0.1) is 4.77 Å². The van der Waals surface area contributed by atoms with Crippen LogP contribution in [0.3, 0.4) is 0 Å². The van der Waals surface area contributed by atoms with Gasteiger partial charge in [-0.3, -0.25) is 4.57 Å². The molecule has 1 aromatic heterocycles.